The van der Waals surface area contributed by atoms with Crippen LogP contribution in [0.25, 0.3) is 0 Å². The Morgan fingerprint density at radius 1 is 1.15 bits per heavy atom. The molecule has 2 aliphatic rings. The molecule has 1 saturated heterocycles. The van der Waals surface area contributed by atoms with Crippen LogP contribution in [-0.2, 0) is 9.59 Å². The standard InChI is InChI=1S/C8H11NO4/c10-7(11)5-2-3-1-4(5)6(9-3)8(12)13/h3-6,9H,1-2H2,(H,10,11)(H,12,13)/t3?,4?,5-,6-/m0/s1. The van der Waals surface area contributed by atoms with Gasteiger partial charge in [0.1, 0.15) is 6.04 Å². The molecule has 1 heterocycles. The lowest BCUT2D eigenvalue weighted by Crippen LogP contribution is -2.46. The Morgan fingerprint density at radius 3 is 2.31 bits per heavy atom. The van der Waals surface area contributed by atoms with E-state index in [0.29, 0.717) is 12.8 Å². The number of rotatable bonds is 2. The van der Waals surface area contributed by atoms with Crippen LogP contribution in [0.4, 0.5) is 0 Å². The summed E-state index contributed by atoms with van der Waals surface area (Å²) >= 11 is 0. The third-order valence-corrected chi connectivity index (χ3v) is 3.04. The fraction of sp³-hybridized carbons (Fsp3) is 0.750. The van der Waals surface area contributed by atoms with E-state index in [-0.39, 0.29) is 12.0 Å². The summed E-state index contributed by atoms with van der Waals surface area (Å²) < 4.78 is 0. The molecule has 3 N–H and O–H groups in total. The first-order valence-corrected chi connectivity index (χ1v) is 4.31. The van der Waals surface area contributed by atoms with Gasteiger partial charge in [-0.3, -0.25) is 9.59 Å². The summed E-state index contributed by atoms with van der Waals surface area (Å²) in [7, 11) is 0. The summed E-state index contributed by atoms with van der Waals surface area (Å²) in [5, 5.41) is 20.5. The first-order valence-electron chi connectivity index (χ1n) is 4.31. The third kappa shape index (κ3) is 1.19. The van der Waals surface area contributed by atoms with Gasteiger partial charge in [-0.1, -0.05) is 0 Å². The van der Waals surface area contributed by atoms with Crippen molar-refractivity contribution in [1.82, 2.24) is 5.32 Å². The normalized spacial score (nSPS) is 42.2. The Labute approximate surface area is 74.7 Å². The summed E-state index contributed by atoms with van der Waals surface area (Å²) in [6, 6.07) is -0.563. The highest BCUT2D eigenvalue weighted by Crippen LogP contribution is 2.40. The average Bonchev–Trinajstić information content (AvgIpc) is 2.60. The van der Waals surface area contributed by atoms with E-state index in [1.54, 1.807) is 0 Å². The van der Waals surface area contributed by atoms with Crippen LogP contribution in [0.5, 0.6) is 0 Å². The van der Waals surface area contributed by atoms with Gasteiger partial charge < -0.3 is 15.5 Å². The topological polar surface area (TPSA) is 86.6 Å². The molecule has 2 unspecified atom stereocenters. The number of fused-ring (bicyclic) bond motifs is 2. The molecular weight excluding hydrogens is 174 g/mol. The molecule has 1 aliphatic heterocycles. The molecule has 5 heteroatoms. The smallest absolute Gasteiger partial charge is 0.321 e. The molecule has 4 atom stereocenters. The Hall–Kier alpha value is -1.10. The molecule has 2 bridgehead atoms. The average molecular weight is 185 g/mol. The minimum Gasteiger partial charge on any atom is -0.481 e. The maximum absolute atomic E-state index is 10.7. The summed E-state index contributed by atoms with van der Waals surface area (Å²) in [6.07, 6.45) is 1.26. The zero-order valence-electron chi connectivity index (χ0n) is 6.93. The van der Waals surface area contributed by atoms with E-state index in [1.165, 1.54) is 0 Å². The molecule has 2 rings (SSSR count). The van der Waals surface area contributed by atoms with Crippen LogP contribution in [0.15, 0.2) is 0 Å². The highest BCUT2D eigenvalue weighted by Gasteiger charge is 2.51. The monoisotopic (exact) mass is 185 g/mol. The van der Waals surface area contributed by atoms with Crippen LogP contribution in [0, 0.1) is 11.8 Å². The number of piperidine rings is 1. The van der Waals surface area contributed by atoms with Gasteiger partial charge in [-0.25, -0.2) is 0 Å². The predicted molar refractivity (Wildman–Crippen MR) is 42.2 cm³/mol. The maximum Gasteiger partial charge on any atom is 0.321 e. The molecule has 2 fully saturated rings. The van der Waals surface area contributed by atoms with Crippen LogP contribution in [0.1, 0.15) is 12.8 Å². The van der Waals surface area contributed by atoms with Crippen molar-refractivity contribution in [3.63, 3.8) is 0 Å². The van der Waals surface area contributed by atoms with Gasteiger partial charge in [-0.15, -0.1) is 0 Å². The molecule has 72 valence electrons. The van der Waals surface area contributed by atoms with E-state index in [2.05, 4.69) is 5.32 Å². The van der Waals surface area contributed by atoms with Crippen molar-refractivity contribution >= 4 is 11.9 Å². The van der Waals surface area contributed by atoms with E-state index in [4.69, 9.17) is 10.2 Å². The van der Waals surface area contributed by atoms with E-state index >= 15 is 0 Å². The predicted octanol–water partition coefficient (Wildman–Crippen LogP) is -0.478. The molecule has 0 aromatic heterocycles. The van der Waals surface area contributed by atoms with Gasteiger partial charge in [0.25, 0.3) is 0 Å². The highest BCUT2D eigenvalue weighted by molar-refractivity contribution is 5.78. The number of carboxylic acid groups (broad SMARTS) is 2. The molecule has 0 aromatic rings. The highest BCUT2D eigenvalue weighted by atomic mass is 16.4. The number of nitrogens with one attached hydrogen (secondary N) is 1. The minimum absolute atomic E-state index is 0.0900. The second-order valence-corrected chi connectivity index (χ2v) is 3.76. The molecule has 5 nitrogen and oxygen atoms in total. The number of hydrogen-bond donors (Lipinski definition) is 3. The van der Waals surface area contributed by atoms with Crippen molar-refractivity contribution in [3.8, 4) is 0 Å². The summed E-state index contributed by atoms with van der Waals surface area (Å²) in [5.41, 5.74) is 0. The van der Waals surface area contributed by atoms with Gasteiger partial charge in [0.2, 0.25) is 0 Å². The SMILES string of the molecule is O=C(O)[C@H]1CC2CC1[C@@H](C(=O)O)N2. The number of aliphatic carboxylic acids is 2. The molecule has 13 heavy (non-hydrogen) atoms. The van der Waals surface area contributed by atoms with Gasteiger partial charge in [0.15, 0.2) is 0 Å². The first-order chi connectivity index (χ1) is 6.09. The molecule has 0 amide bonds. The van der Waals surface area contributed by atoms with Gasteiger partial charge in [0, 0.05) is 6.04 Å². The fourth-order valence-electron chi connectivity index (χ4n) is 2.49. The van der Waals surface area contributed by atoms with Gasteiger partial charge in [0.05, 0.1) is 5.92 Å². The van der Waals surface area contributed by atoms with Crippen molar-refractivity contribution in [2.75, 3.05) is 0 Å². The molecule has 0 radical (unpaired) electrons. The van der Waals surface area contributed by atoms with Crippen LogP contribution in [0.3, 0.4) is 0 Å². The van der Waals surface area contributed by atoms with Crippen molar-refractivity contribution < 1.29 is 19.8 Å². The zero-order valence-corrected chi connectivity index (χ0v) is 6.93. The number of carboxylic acids is 2. The largest absolute Gasteiger partial charge is 0.481 e. The third-order valence-electron chi connectivity index (χ3n) is 3.04. The second kappa shape index (κ2) is 2.70. The molecule has 0 aromatic carbocycles. The Morgan fingerprint density at radius 2 is 1.85 bits per heavy atom. The number of carbonyl (C=O) groups is 2. The molecule has 0 spiro atoms. The van der Waals surface area contributed by atoms with Crippen LogP contribution < -0.4 is 5.32 Å². The maximum atomic E-state index is 10.7. The molecule has 1 saturated carbocycles. The van der Waals surface area contributed by atoms with E-state index in [0.717, 1.165) is 0 Å². The van der Waals surface area contributed by atoms with Gasteiger partial charge in [-0.05, 0) is 18.8 Å². The lowest BCUT2D eigenvalue weighted by atomic mass is 9.89. The van der Waals surface area contributed by atoms with Crippen molar-refractivity contribution in [2.24, 2.45) is 11.8 Å². The Kier molecular flexibility index (Phi) is 1.76. The van der Waals surface area contributed by atoms with Crippen LogP contribution in [0.2, 0.25) is 0 Å². The fourth-order valence-corrected chi connectivity index (χ4v) is 2.49. The van der Waals surface area contributed by atoms with E-state index in [1.807, 2.05) is 0 Å². The number of hydrogen-bond acceptors (Lipinski definition) is 3. The Balaban J connectivity index is 2.15. The summed E-state index contributed by atoms with van der Waals surface area (Å²) in [5.74, 6) is -2.48. The summed E-state index contributed by atoms with van der Waals surface area (Å²) in [4.78, 5) is 21.4. The van der Waals surface area contributed by atoms with Crippen LogP contribution in [-0.4, -0.2) is 34.2 Å². The second-order valence-electron chi connectivity index (χ2n) is 3.76. The summed E-state index contributed by atoms with van der Waals surface area (Å²) in [6.45, 7) is 0. The van der Waals surface area contributed by atoms with E-state index < -0.39 is 23.9 Å². The van der Waals surface area contributed by atoms with E-state index in [9.17, 15) is 9.59 Å². The lowest BCUT2D eigenvalue weighted by Gasteiger charge is -2.24. The molecule has 1 aliphatic carbocycles. The van der Waals surface area contributed by atoms with Gasteiger partial charge >= 0.3 is 11.9 Å². The van der Waals surface area contributed by atoms with Crippen molar-refractivity contribution in [2.45, 2.75) is 24.9 Å². The minimum atomic E-state index is -0.932. The zero-order chi connectivity index (χ0) is 9.59. The van der Waals surface area contributed by atoms with Crippen molar-refractivity contribution in [1.29, 1.82) is 0 Å². The van der Waals surface area contributed by atoms with Crippen molar-refractivity contribution in [3.05, 3.63) is 0 Å². The lowest BCUT2D eigenvalue weighted by molar-refractivity contribution is -0.146. The quantitative estimate of drug-likeness (QED) is 0.541. The van der Waals surface area contributed by atoms with Crippen LogP contribution >= 0.6 is 0 Å². The Bertz CT molecular complexity index is 241. The van der Waals surface area contributed by atoms with Gasteiger partial charge in [-0.2, -0.15) is 0 Å². The first kappa shape index (κ1) is 8.50. The molecular formula is C8H11NO4.